The average Bonchev–Trinajstić information content (AvgIpc) is 3.81. The number of nitrogens with zero attached hydrogens (tertiary/aromatic N) is 3. The molecule has 3 aliphatic carbocycles. The van der Waals surface area contributed by atoms with E-state index < -0.39 is 6.36 Å². The van der Waals surface area contributed by atoms with Gasteiger partial charge in [-0.05, 0) is 81.0 Å². The standard InChI is InChI=1S/C27H32ClF3N4O3/c28-25-24(32-12-17-15-37-14-16-11-23(16)17)13-33-35(26(25)36)21-5-3-19(4-6-21)34(18-1-2-18)20-7-9-22(10-8-20)38-27(29,30)31/h7-10,13,16-19,21,23,32H,1-6,11-12,14-15H2/t16-,17+,19-,21-,23-/m0/s1. The summed E-state index contributed by atoms with van der Waals surface area (Å²) in [5, 5.41) is 7.97. The zero-order chi connectivity index (χ0) is 26.4. The molecule has 0 unspecified atom stereocenters. The molecule has 206 valence electrons. The summed E-state index contributed by atoms with van der Waals surface area (Å²) in [6.45, 7) is 2.32. The van der Waals surface area contributed by atoms with Gasteiger partial charge in [-0.15, -0.1) is 13.2 Å². The van der Waals surface area contributed by atoms with Gasteiger partial charge in [0, 0.05) is 36.8 Å². The predicted molar refractivity (Wildman–Crippen MR) is 138 cm³/mol. The molecule has 2 aromatic rings. The number of hydrogen-bond donors (Lipinski definition) is 1. The van der Waals surface area contributed by atoms with Gasteiger partial charge < -0.3 is 19.7 Å². The fourth-order valence-corrected chi connectivity index (χ4v) is 6.49. The predicted octanol–water partition coefficient (Wildman–Crippen LogP) is 5.64. The zero-order valence-corrected chi connectivity index (χ0v) is 21.8. The average molecular weight is 553 g/mol. The van der Waals surface area contributed by atoms with E-state index in [1.807, 2.05) is 0 Å². The van der Waals surface area contributed by atoms with Crippen LogP contribution in [0, 0.1) is 17.8 Å². The highest BCUT2D eigenvalue weighted by molar-refractivity contribution is 6.32. The molecule has 1 aliphatic heterocycles. The highest BCUT2D eigenvalue weighted by Crippen LogP contribution is 2.47. The number of rotatable bonds is 8. The number of alkyl halides is 3. The SMILES string of the molecule is O=c1c(Cl)c(NC[C@@H]2COC[C@@H]3C[C@H]23)cnn1[C@H]1CC[C@H](N(c2ccc(OC(F)(F)F)cc2)C2CC2)CC1. The van der Waals surface area contributed by atoms with Crippen LogP contribution in [0.1, 0.15) is 51.0 Å². The Labute approximate surface area is 224 Å². The van der Waals surface area contributed by atoms with Gasteiger partial charge >= 0.3 is 6.36 Å². The third kappa shape index (κ3) is 5.61. The molecule has 0 bridgehead atoms. The molecule has 6 rings (SSSR count). The minimum absolute atomic E-state index is 0.0344. The normalized spacial score (nSPS) is 28.9. The summed E-state index contributed by atoms with van der Waals surface area (Å²) in [5.74, 6) is 1.61. The molecule has 4 fully saturated rings. The molecule has 7 nitrogen and oxygen atoms in total. The first-order valence-electron chi connectivity index (χ1n) is 13.5. The Morgan fingerprint density at radius 1 is 1.08 bits per heavy atom. The van der Waals surface area contributed by atoms with Crippen molar-refractivity contribution in [3.05, 3.63) is 45.8 Å². The Hall–Kier alpha value is -2.46. The second-order valence-corrected chi connectivity index (χ2v) is 11.5. The van der Waals surface area contributed by atoms with Gasteiger partial charge in [0.15, 0.2) is 0 Å². The second kappa shape index (κ2) is 10.3. The topological polar surface area (TPSA) is 68.6 Å². The van der Waals surface area contributed by atoms with E-state index in [1.54, 1.807) is 18.3 Å². The molecule has 4 aliphatic rings. The Morgan fingerprint density at radius 2 is 1.76 bits per heavy atom. The molecule has 1 N–H and O–H groups in total. The lowest BCUT2D eigenvalue weighted by Gasteiger charge is -2.39. The quantitative estimate of drug-likeness (QED) is 0.457. The number of halogens is 4. The van der Waals surface area contributed by atoms with Gasteiger partial charge in [-0.3, -0.25) is 4.79 Å². The van der Waals surface area contributed by atoms with Gasteiger partial charge in [-0.2, -0.15) is 5.10 Å². The van der Waals surface area contributed by atoms with E-state index in [0.29, 0.717) is 29.5 Å². The van der Waals surface area contributed by atoms with Gasteiger partial charge in [-0.25, -0.2) is 4.68 Å². The molecule has 1 aromatic carbocycles. The zero-order valence-electron chi connectivity index (χ0n) is 21.0. The summed E-state index contributed by atoms with van der Waals surface area (Å²) < 4.78 is 48.8. The molecule has 3 saturated carbocycles. The lowest BCUT2D eigenvalue weighted by Crippen LogP contribution is -2.41. The summed E-state index contributed by atoms with van der Waals surface area (Å²) in [6, 6.07) is 6.76. The van der Waals surface area contributed by atoms with Crippen LogP contribution in [0.3, 0.4) is 0 Å². The van der Waals surface area contributed by atoms with Gasteiger partial charge in [0.2, 0.25) is 0 Å². The first kappa shape index (κ1) is 25.8. The van der Waals surface area contributed by atoms with Crippen molar-refractivity contribution in [2.24, 2.45) is 17.8 Å². The number of ether oxygens (including phenoxy) is 2. The van der Waals surface area contributed by atoms with Gasteiger partial charge in [-0.1, -0.05) is 11.6 Å². The summed E-state index contributed by atoms with van der Waals surface area (Å²) in [5.41, 5.74) is 1.20. The smallest absolute Gasteiger partial charge is 0.406 e. The van der Waals surface area contributed by atoms with Crippen molar-refractivity contribution in [1.29, 1.82) is 0 Å². The molecule has 1 aromatic heterocycles. The van der Waals surface area contributed by atoms with Gasteiger partial charge in [0.05, 0.1) is 24.5 Å². The van der Waals surface area contributed by atoms with Crippen molar-refractivity contribution < 1.29 is 22.6 Å². The van der Waals surface area contributed by atoms with Crippen LogP contribution >= 0.6 is 11.6 Å². The lowest BCUT2D eigenvalue weighted by atomic mass is 9.89. The van der Waals surface area contributed by atoms with E-state index in [0.717, 1.165) is 64.0 Å². The minimum atomic E-state index is -4.70. The monoisotopic (exact) mass is 552 g/mol. The van der Waals surface area contributed by atoms with E-state index in [4.69, 9.17) is 16.3 Å². The minimum Gasteiger partial charge on any atom is -0.406 e. The molecule has 0 radical (unpaired) electrons. The summed E-state index contributed by atoms with van der Waals surface area (Å²) in [6.07, 6.45) is 3.59. The fraction of sp³-hybridized carbons (Fsp3) is 0.630. The van der Waals surface area contributed by atoms with Crippen LogP contribution in [0.2, 0.25) is 5.02 Å². The van der Waals surface area contributed by atoms with E-state index >= 15 is 0 Å². The highest BCUT2D eigenvalue weighted by atomic mass is 35.5. The number of anilines is 2. The van der Waals surface area contributed by atoms with Crippen molar-refractivity contribution in [1.82, 2.24) is 9.78 Å². The van der Waals surface area contributed by atoms with Crippen LogP contribution < -0.4 is 20.5 Å². The molecule has 1 saturated heterocycles. The van der Waals surface area contributed by atoms with Crippen LogP contribution in [-0.2, 0) is 4.74 Å². The van der Waals surface area contributed by atoms with E-state index in [-0.39, 0.29) is 28.4 Å². The Morgan fingerprint density at radius 3 is 2.42 bits per heavy atom. The van der Waals surface area contributed by atoms with E-state index in [9.17, 15) is 18.0 Å². The maximum atomic E-state index is 13.1. The first-order valence-corrected chi connectivity index (χ1v) is 13.9. The fourth-order valence-electron chi connectivity index (χ4n) is 6.29. The number of nitrogens with one attached hydrogen (secondary N) is 1. The molecular weight excluding hydrogens is 521 g/mol. The molecule has 2 heterocycles. The van der Waals surface area contributed by atoms with Crippen LogP contribution in [0.25, 0.3) is 0 Å². The molecule has 0 amide bonds. The lowest BCUT2D eigenvalue weighted by molar-refractivity contribution is -0.274. The molecule has 3 atom stereocenters. The van der Waals surface area contributed by atoms with Crippen LogP contribution in [0.15, 0.2) is 35.3 Å². The Bertz CT molecular complexity index is 1200. The van der Waals surface area contributed by atoms with Crippen molar-refractivity contribution in [2.45, 2.75) is 69.4 Å². The van der Waals surface area contributed by atoms with Crippen LogP contribution in [0.4, 0.5) is 24.5 Å². The summed E-state index contributed by atoms with van der Waals surface area (Å²) >= 11 is 6.49. The van der Waals surface area contributed by atoms with Crippen LogP contribution in [-0.4, -0.2) is 48.0 Å². The van der Waals surface area contributed by atoms with Gasteiger partial charge in [0.25, 0.3) is 5.56 Å². The maximum Gasteiger partial charge on any atom is 0.573 e. The van der Waals surface area contributed by atoms with Crippen molar-refractivity contribution in [2.75, 3.05) is 30.0 Å². The largest absolute Gasteiger partial charge is 0.573 e. The molecule has 11 heteroatoms. The summed E-state index contributed by atoms with van der Waals surface area (Å²) in [7, 11) is 0. The summed E-state index contributed by atoms with van der Waals surface area (Å²) in [4.78, 5) is 15.4. The Kier molecular flexibility index (Phi) is 6.97. The Balaban J connectivity index is 1.08. The van der Waals surface area contributed by atoms with Crippen molar-refractivity contribution in [3.8, 4) is 5.75 Å². The maximum absolute atomic E-state index is 13.1. The third-order valence-corrected chi connectivity index (χ3v) is 8.82. The van der Waals surface area contributed by atoms with E-state index in [1.165, 1.54) is 23.2 Å². The van der Waals surface area contributed by atoms with Gasteiger partial charge in [0.1, 0.15) is 10.8 Å². The number of fused-ring (bicyclic) bond motifs is 1. The molecule has 0 spiro atoms. The number of hydrogen-bond acceptors (Lipinski definition) is 6. The van der Waals surface area contributed by atoms with E-state index in [2.05, 4.69) is 20.1 Å². The van der Waals surface area contributed by atoms with Crippen molar-refractivity contribution in [3.63, 3.8) is 0 Å². The number of aromatic nitrogens is 2. The van der Waals surface area contributed by atoms with Crippen LogP contribution in [0.5, 0.6) is 5.75 Å². The highest BCUT2D eigenvalue weighted by Gasteiger charge is 2.46. The molecular formula is C27H32ClF3N4O3. The number of benzene rings is 1. The first-order chi connectivity index (χ1) is 18.3. The van der Waals surface area contributed by atoms with Crippen molar-refractivity contribution >= 4 is 23.0 Å². The second-order valence-electron chi connectivity index (χ2n) is 11.1. The molecule has 38 heavy (non-hydrogen) atoms. The third-order valence-electron chi connectivity index (χ3n) is 8.46.